The van der Waals surface area contributed by atoms with Crippen molar-refractivity contribution in [2.24, 2.45) is 5.92 Å². The van der Waals surface area contributed by atoms with E-state index in [2.05, 4.69) is 24.5 Å². The Labute approximate surface area is 129 Å². The van der Waals surface area contributed by atoms with Gasteiger partial charge in [-0.2, -0.15) is 0 Å². The minimum Gasteiger partial charge on any atom is -0.493 e. The maximum atomic E-state index is 5.43. The van der Waals surface area contributed by atoms with Gasteiger partial charge in [0.1, 0.15) is 0 Å². The van der Waals surface area contributed by atoms with Crippen molar-refractivity contribution in [3.63, 3.8) is 0 Å². The average Bonchev–Trinajstić information content (AvgIpc) is 2.80. The number of hydrogen-bond donors (Lipinski definition) is 1. The summed E-state index contributed by atoms with van der Waals surface area (Å²) < 4.78 is 10.8. The second-order valence-corrected chi connectivity index (χ2v) is 6.05. The summed E-state index contributed by atoms with van der Waals surface area (Å²) in [5.74, 6) is 2.46. The van der Waals surface area contributed by atoms with Crippen LogP contribution in [-0.4, -0.2) is 21.3 Å². The van der Waals surface area contributed by atoms with Gasteiger partial charge in [-0.05, 0) is 37.1 Å². The zero-order chi connectivity index (χ0) is 15.1. The van der Waals surface area contributed by atoms with E-state index in [1.54, 1.807) is 14.2 Å². The van der Waals surface area contributed by atoms with Gasteiger partial charge >= 0.3 is 0 Å². The first-order chi connectivity index (χ1) is 10.3. The molecule has 1 atom stereocenters. The van der Waals surface area contributed by atoms with E-state index < -0.39 is 0 Å². The molecule has 0 aromatic heterocycles. The Morgan fingerprint density at radius 3 is 2.29 bits per heavy atom. The average molecular weight is 291 g/mol. The van der Waals surface area contributed by atoms with Crippen molar-refractivity contribution in [2.45, 2.75) is 51.0 Å². The van der Waals surface area contributed by atoms with Gasteiger partial charge in [-0.15, -0.1) is 0 Å². The van der Waals surface area contributed by atoms with Gasteiger partial charge in [0.15, 0.2) is 11.5 Å². The minimum absolute atomic E-state index is 0.396. The molecule has 1 saturated carbocycles. The SMILES string of the molecule is CNC(CC1CCCCCC1)c1ccc(OC)c(OC)c1. The van der Waals surface area contributed by atoms with Crippen LogP contribution in [0.3, 0.4) is 0 Å². The van der Waals surface area contributed by atoms with Crippen molar-refractivity contribution in [3.05, 3.63) is 23.8 Å². The molecule has 0 spiro atoms. The van der Waals surface area contributed by atoms with Crippen molar-refractivity contribution >= 4 is 0 Å². The highest BCUT2D eigenvalue weighted by molar-refractivity contribution is 5.43. The predicted molar refractivity (Wildman–Crippen MR) is 87.2 cm³/mol. The van der Waals surface area contributed by atoms with Gasteiger partial charge in [-0.1, -0.05) is 44.6 Å². The molecule has 1 aromatic carbocycles. The van der Waals surface area contributed by atoms with Crippen LogP contribution in [0.5, 0.6) is 11.5 Å². The minimum atomic E-state index is 0.396. The Kier molecular flexibility index (Phi) is 6.37. The van der Waals surface area contributed by atoms with Crippen molar-refractivity contribution in [2.75, 3.05) is 21.3 Å². The third kappa shape index (κ3) is 4.37. The Morgan fingerprint density at radius 2 is 1.71 bits per heavy atom. The third-order valence-electron chi connectivity index (χ3n) is 4.70. The van der Waals surface area contributed by atoms with Crippen LogP contribution in [0.15, 0.2) is 18.2 Å². The normalized spacial score (nSPS) is 18.0. The summed E-state index contributed by atoms with van der Waals surface area (Å²) in [5.41, 5.74) is 1.29. The van der Waals surface area contributed by atoms with Crippen molar-refractivity contribution in [1.29, 1.82) is 0 Å². The molecule has 0 amide bonds. The highest BCUT2D eigenvalue weighted by atomic mass is 16.5. The monoisotopic (exact) mass is 291 g/mol. The van der Waals surface area contributed by atoms with E-state index in [9.17, 15) is 0 Å². The molecule has 21 heavy (non-hydrogen) atoms. The van der Waals surface area contributed by atoms with Gasteiger partial charge in [-0.3, -0.25) is 0 Å². The first kappa shape index (κ1) is 16.2. The standard InChI is InChI=1S/C18H29NO2/c1-19-16(12-14-8-6-4-5-7-9-14)15-10-11-17(20-2)18(13-15)21-3/h10-11,13-14,16,19H,4-9,12H2,1-3H3. The van der Waals surface area contributed by atoms with Crippen LogP contribution >= 0.6 is 0 Å². The smallest absolute Gasteiger partial charge is 0.161 e. The fourth-order valence-electron chi connectivity index (χ4n) is 3.42. The first-order valence-electron chi connectivity index (χ1n) is 8.17. The number of ether oxygens (including phenoxy) is 2. The lowest BCUT2D eigenvalue weighted by molar-refractivity contribution is 0.349. The lowest BCUT2D eigenvalue weighted by Gasteiger charge is -2.23. The summed E-state index contributed by atoms with van der Waals surface area (Å²) in [7, 11) is 5.43. The summed E-state index contributed by atoms with van der Waals surface area (Å²) in [4.78, 5) is 0. The number of benzene rings is 1. The fourth-order valence-corrected chi connectivity index (χ4v) is 3.42. The van der Waals surface area contributed by atoms with E-state index in [4.69, 9.17) is 9.47 Å². The number of nitrogens with one attached hydrogen (secondary N) is 1. The molecule has 0 heterocycles. The van der Waals surface area contributed by atoms with E-state index in [0.29, 0.717) is 6.04 Å². The van der Waals surface area contributed by atoms with Gasteiger partial charge in [0.05, 0.1) is 14.2 Å². The number of hydrogen-bond acceptors (Lipinski definition) is 3. The van der Waals surface area contributed by atoms with Gasteiger partial charge in [0, 0.05) is 6.04 Å². The Morgan fingerprint density at radius 1 is 1.05 bits per heavy atom. The molecule has 1 unspecified atom stereocenters. The summed E-state index contributed by atoms with van der Waals surface area (Å²) in [6.45, 7) is 0. The van der Waals surface area contributed by atoms with E-state index in [1.807, 2.05) is 6.07 Å². The Balaban J connectivity index is 2.09. The van der Waals surface area contributed by atoms with E-state index in [0.717, 1.165) is 17.4 Å². The number of methoxy groups -OCH3 is 2. The molecule has 0 bridgehead atoms. The molecule has 3 nitrogen and oxygen atoms in total. The first-order valence-corrected chi connectivity index (χ1v) is 8.17. The van der Waals surface area contributed by atoms with Gasteiger partial charge in [-0.25, -0.2) is 0 Å². The quantitative estimate of drug-likeness (QED) is 0.792. The molecule has 1 N–H and O–H groups in total. The zero-order valence-electron chi connectivity index (χ0n) is 13.7. The second-order valence-electron chi connectivity index (χ2n) is 6.05. The molecular weight excluding hydrogens is 262 g/mol. The lowest BCUT2D eigenvalue weighted by Crippen LogP contribution is -2.20. The lowest BCUT2D eigenvalue weighted by atomic mass is 9.89. The van der Waals surface area contributed by atoms with Crippen LogP contribution in [0.2, 0.25) is 0 Å². The molecule has 1 aromatic rings. The van der Waals surface area contributed by atoms with E-state index in [-0.39, 0.29) is 0 Å². The maximum absolute atomic E-state index is 5.43. The maximum Gasteiger partial charge on any atom is 0.161 e. The Bertz CT molecular complexity index is 425. The summed E-state index contributed by atoms with van der Waals surface area (Å²) >= 11 is 0. The molecule has 1 fully saturated rings. The summed E-state index contributed by atoms with van der Waals surface area (Å²) in [6, 6.07) is 6.66. The van der Waals surface area contributed by atoms with Crippen LogP contribution in [0, 0.1) is 5.92 Å². The molecule has 1 aliphatic carbocycles. The molecule has 118 valence electrons. The predicted octanol–water partition coefficient (Wildman–Crippen LogP) is 4.32. The molecule has 0 saturated heterocycles. The molecule has 1 aliphatic rings. The fraction of sp³-hybridized carbons (Fsp3) is 0.667. The molecular formula is C18H29NO2. The van der Waals surface area contributed by atoms with Crippen LogP contribution in [0.25, 0.3) is 0 Å². The number of rotatable bonds is 6. The molecule has 3 heteroatoms. The van der Waals surface area contributed by atoms with Gasteiger partial charge in [0.2, 0.25) is 0 Å². The topological polar surface area (TPSA) is 30.5 Å². The van der Waals surface area contributed by atoms with Crippen molar-refractivity contribution in [1.82, 2.24) is 5.32 Å². The molecule has 2 rings (SSSR count). The van der Waals surface area contributed by atoms with Crippen molar-refractivity contribution in [3.8, 4) is 11.5 Å². The highest BCUT2D eigenvalue weighted by Crippen LogP contribution is 2.34. The van der Waals surface area contributed by atoms with E-state index >= 15 is 0 Å². The third-order valence-corrected chi connectivity index (χ3v) is 4.70. The molecule has 0 radical (unpaired) electrons. The largest absolute Gasteiger partial charge is 0.493 e. The van der Waals surface area contributed by atoms with Crippen LogP contribution in [-0.2, 0) is 0 Å². The summed E-state index contributed by atoms with van der Waals surface area (Å²) in [6.07, 6.45) is 9.59. The highest BCUT2D eigenvalue weighted by Gasteiger charge is 2.19. The van der Waals surface area contributed by atoms with Crippen molar-refractivity contribution < 1.29 is 9.47 Å². The second kappa shape index (κ2) is 8.28. The van der Waals surface area contributed by atoms with Crippen LogP contribution in [0.1, 0.15) is 56.6 Å². The molecule has 0 aliphatic heterocycles. The summed E-state index contributed by atoms with van der Waals surface area (Å²) in [5, 5.41) is 3.48. The Hall–Kier alpha value is -1.22. The van der Waals surface area contributed by atoms with Gasteiger partial charge < -0.3 is 14.8 Å². The van der Waals surface area contributed by atoms with E-state index in [1.165, 1.54) is 50.5 Å². The van der Waals surface area contributed by atoms with Crippen LogP contribution in [0.4, 0.5) is 0 Å². The zero-order valence-corrected chi connectivity index (χ0v) is 13.7. The van der Waals surface area contributed by atoms with Gasteiger partial charge in [0.25, 0.3) is 0 Å². The van der Waals surface area contributed by atoms with Crippen LogP contribution < -0.4 is 14.8 Å².